The SMILES string of the molecule is CC(C)NC(CCOCC1CC1)(Oc1ccccc1)C(C)O. The fourth-order valence-corrected chi connectivity index (χ4v) is 2.51. The number of hydrogen-bond acceptors (Lipinski definition) is 4. The summed E-state index contributed by atoms with van der Waals surface area (Å²) in [6.07, 6.45) is 2.52. The molecule has 2 unspecified atom stereocenters. The van der Waals surface area contributed by atoms with Gasteiger partial charge in [0, 0.05) is 19.1 Å². The van der Waals surface area contributed by atoms with Gasteiger partial charge in [0.15, 0.2) is 5.72 Å². The molecule has 0 amide bonds. The lowest BCUT2D eigenvalue weighted by atomic mass is 10.0. The van der Waals surface area contributed by atoms with Crippen molar-refractivity contribution in [1.29, 1.82) is 0 Å². The molecule has 0 aliphatic heterocycles. The van der Waals surface area contributed by atoms with Crippen LogP contribution in [0.1, 0.15) is 40.0 Å². The average Bonchev–Trinajstić information content (AvgIpc) is 3.28. The molecule has 22 heavy (non-hydrogen) atoms. The highest BCUT2D eigenvalue weighted by Crippen LogP contribution is 2.29. The first-order valence-electron chi connectivity index (χ1n) is 8.29. The molecule has 1 aliphatic rings. The lowest BCUT2D eigenvalue weighted by Crippen LogP contribution is -2.60. The number of aliphatic hydroxyl groups is 1. The van der Waals surface area contributed by atoms with Crippen LogP contribution in [-0.4, -0.2) is 36.2 Å². The molecule has 0 radical (unpaired) electrons. The minimum Gasteiger partial charge on any atom is -0.470 e. The molecule has 2 rings (SSSR count). The molecule has 2 atom stereocenters. The monoisotopic (exact) mass is 307 g/mol. The maximum atomic E-state index is 10.4. The molecule has 1 saturated carbocycles. The standard InChI is InChI=1S/C18H29NO3/c1-14(2)19-18(15(3)20,11-12-21-13-16-9-10-16)22-17-7-5-4-6-8-17/h4-8,14-16,19-20H,9-13H2,1-3H3. The third-order valence-electron chi connectivity index (χ3n) is 3.92. The normalized spacial score (nSPS) is 19.0. The van der Waals surface area contributed by atoms with Gasteiger partial charge in [-0.05, 0) is 51.7 Å². The average molecular weight is 307 g/mol. The number of para-hydroxylation sites is 1. The van der Waals surface area contributed by atoms with Crippen molar-refractivity contribution >= 4 is 0 Å². The maximum absolute atomic E-state index is 10.4. The second-order valence-electron chi connectivity index (χ2n) is 6.55. The number of rotatable bonds is 10. The van der Waals surface area contributed by atoms with Crippen molar-refractivity contribution in [3.8, 4) is 5.75 Å². The van der Waals surface area contributed by atoms with Crippen LogP contribution in [-0.2, 0) is 4.74 Å². The molecule has 4 heteroatoms. The predicted octanol–water partition coefficient (Wildman–Crippen LogP) is 2.96. The first-order valence-corrected chi connectivity index (χ1v) is 8.29. The van der Waals surface area contributed by atoms with Crippen LogP contribution in [0.5, 0.6) is 5.75 Å². The van der Waals surface area contributed by atoms with Gasteiger partial charge in [-0.1, -0.05) is 18.2 Å². The molecule has 2 N–H and O–H groups in total. The maximum Gasteiger partial charge on any atom is 0.189 e. The smallest absolute Gasteiger partial charge is 0.189 e. The van der Waals surface area contributed by atoms with Gasteiger partial charge < -0.3 is 14.6 Å². The van der Waals surface area contributed by atoms with Crippen LogP contribution < -0.4 is 10.1 Å². The zero-order valence-corrected chi connectivity index (χ0v) is 13.9. The summed E-state index contributed by atoms with van der Waals surface area (Å²) in [6.45, 7) is 7.27. The van der Waals surface area contributed by atoms with E-state index in [0.29, 0.717) is 13.0 Å². The summed E-state index contributed by atoms with van der Waals surface area (Å²) >= 11 is 0. The van der Waals surface area contributed by atoms with Crippen LogP contribution in [0.2, 0.25) is 0 Å². The number of aliphatic hydroxyl groups excluding tert-OH is 1. The molecule has 1 aromatic carbocycles. The Hall–Kier alpha value is -1.10. The number of nitrogens with one attached hydrogen (secondary N) is 1. The third-order valence-corrected chi connectivity index (χ3v) is 3.92. The van der Waals surface area contributed by atoms with Crippen molar-refractivity contribution in [1.82, 2.24) is 5.32 Å². The highest BCUT2D eigenvalue weighted by molar-refractivity contribution is 5.22. The van der Waals surface area contributed by atoms with Crippen molar-refractivity contribution in [2.24, 2.45) is 5.92 Å². The quantitative estimate of drug-likeness (QED) is 0.515. The van der Waals surface area contributed by atoms with Crippen molar-refractivity contribution in [2.45, 2.75) is 57.9 Å². The minimum absolute atomic E-state index is 0.196. The van der Waals surface area contributed by atoms with Crippen LogP contribution in [0.25, 0.3) is 0 Å². The van der Waals surface area contributed by atoms with Crippen LogP contribution in [0.15, 0.2) is 30.3 Å². The Morgan fingerprint density at radius 2 is 1.91 bits per heavy atom. The summed E-state index contributed by atoms with van der Waals surface area (Å²) in [5.41, 5.74) is -0.834. The van der Waals surface area contributed by atoms with Crippen LogP contribution in [0.3, 0.4) is 0 Å². The fraction of sp³-hybridized carbons (Fsp3) is 0.667. The molecule has 0 aromatic heterocycles. The summed E-state index contributed by atoms with van der Waals surface area (Å²) in [7, 11) is 0. The van der Waals surface area contributed by atoms with Gasteiger partial charge in [0.2, 0.25) is 0 Å². The largest absolute Gasteiger partial charge is 0.470 e. The van der Waals surface area contributed by atoms with Crippen molar-refractivity contribution < 1.29 is 14.6 Å². The van der Waals surface area contributed by atoms with Crippen LogP contribution in [0, 0.1) is 5.92 Å². The van der Waals surface area contributed by atoms with E-state index in [1.807, 2.05) is 30.3 Å². The summed E-state index contributed by atoms with van der Waals surface area (Å²) < 4.78 is 11.9. The molecule has 1 aromatic rings. The minimum atomic E-state index is -0.834. The Morgan fingerprint density at radius 3 is 2.45 bits per heavy atom. The zero-order valence-electron chi connectivity index (χ0n) is 13.9. The molecule has 0 spiro atoms. The van der Waals surface area contributed by atoms with Crippen molar-refractivity contribution in [3.63, 3.8) is 0 Å². The van der Waals surface area contributed by atoms with Gasteiger partial charge in [-0.15, -0.1) is 0 Å². The van der Waals surface area contributed by atoms with E-state index in [2.05, 4.69) is 19.2 Å². The van der Waals surface area contributed by atoms with E-state index < -0.39 is 11.8 Å². The van der Waals surface area contributed by atoms with Gasteiger partial charge >= 0.3 is 0 Å². The number of hydrogen-bond donors (Lipinski definition) is 2. The van der Waals surface area contributed by atoms with Gasteiger partial charge in [-0.25, -0.2) is 0 Å². The summed E-state index contributed by atoms with van der Waals surface area (Å²) in [5.74, 6) is 1.49. The topological polar surface area (TPSA) is 50.7 Å². The highest BCUT2D eigenvalue weighted by atomic mass is 16.5. The molecule has 0 saturated heterocycles. The second kappa shape index (κ2) is 7.95. The van der Waals surface area contributed by atoms with Gasteiger partial charge in [0.25, 0.3) is 0 Å². The Bertz CT molecular complexity index is 431. The van der Waals surface area contributed by atoms with Gasteiger partial charge in [0.1, 0.15) is 11.9 Å². The predicted molar refractivity (Wildman–Crippen MR) is 87.9 cm³/mol. The van der Waals surface area contributed by atoms with Crippen molar-refractivity contribution in [3.05, 3.63) is 30.3 Å². The highest BCUT2D eigenvalue weighted by Gasteiger charge is 2.38. The van der Waals surface area contributed by atoms with Gasteiger partial charge in [-0.2, -0.15) is 0 Å². The molecule has 4 nitrogen and oxygen atoms in total. The Kier molecular flexibility index (Phi) is 6.24. The lowest BCUT2D eigenvalue weighted by Gasteiger charge is -2.39. The number of ether oxygens (including phenoxy) is 2. The Morgan fingerprint density at radius 1 is 1.23 bits per heavy atom. The van der Waals surface area contributed by atoms with Crippen LogP contribution >= 0.6 is 0 Å². The summed E-state index contributed by atoms with van der Waals surface area (Å²) in [5, 5.41) is 13.7. The molecule has 0 bridgehead atoms. The summed E-state index contributed by atoms with van der Waals surface area (Å²) in [6, 6.07) is 9.82. The fourth-order valence-electron chi connectivity index (χ4n) is 2.51. The molecule has 0 heterocycles. The first kappa shape index (κ1) is 17.3. The van der Waals surface area contributed by atoms with E-state index in [1.54, 1.807) is 6.92 Å². The van der Waals surface area contributed by atoms with E-state index in [4.69, 9.17) is 9.47 Å². The molecule has 124 valence electrons. The van der Waals surface area contributed by atoms with E-state index in [-0.39, 0.29) is 6.04 Å². The van der Waals surface area contributed by atoms with Crippen LogP contribution in [0.4, 0.5) is 0 Å². The van der Waals surface area contributed by atoms with Gasteiger partial charge in [0.05, 0.1) is 6.61 Å². The number of benzene rings is 1. The van der Waals surface area contributed by atoms with E-state index >= 15 is 0 Å². The van der Waals surface area contributed by atoms with Gasteiger partial charge in [-0.3, -0.25) is 5.32 Å². The molecule has 1 aliphatic carbocycles. The summed E-state index contributed by atoms with van der Waals surface area (Å²) in [4.78, 5) is 0. The molecular formula is C18H29NO3. The van der Waals surface area contributed by atoms with E-state index in [9.17, 15) is 5.11 Å². The van der Waals surface area contributed by atoms with E-state index in [0.717, 1.165) is 18.3 Å². The molecule has 1 fully saturated rings. The second-order valence-corrected chi connectivity index (χ2v) is 6.55. The Labute approximate surface area is 133 Å². The third kappa shape index (κ3) is 5.27. The van der Waals surface area contributed by atoms with Crippen molar-refractivity contribution in [2.75, 3.05) is 13.2 Å². The first-order chi connectivity index (χ1) is 10.5. The Balaban J connectivity index is 2.01. The zero-order chi connectivity index (χ0) is 16.0. The molecular weight excluding hydrogens is 278 g/mol. The van der Waals surface area contributed by atoms with E-state index in [1.165, 1.54) is 12.8 Å². The lowest BCUT2D eigenvalue weighted by molar-refractivity contribution is -0.0930.